The van der Waals surface area contributed by atoms with Crippen LogP contribution in [0.2, 0.25) is 5.02 Å². The van der Waals surface area contributed by atoms with Gasteiger partial charge in [-0.15, -0.1) is 11.3 Å². The minimum atomic E-state index is -2.68. The van der Waals surface area contributed by atoms with Crippen LogP contribution in [-0.2, 0) is 4.79 Å². The summed E-state index contributed by atoms with van der Waals surface area (Å²) >= 11 is 7.74. The zero-order valence-electron chi connectivity index (χ0n) is 25.6. The highest BCUT2D eigenvalue weighted by Crippen LogP contribution is 2.39. The van der Waals surface area contributed by atoms with Crippen molar-refractivity contribution in [3.63, 3.8) is 0 Å². The van der Waals surface area contributed by atoms with E-state index >= 15 is 0 Å². The Balaban J connectivity index is 0.00000148. The van der Waals surface area contributed by atoms with Gasteiger partial charge in [0.15, 0.2) is 0 Å². The average molecular weight is 655 g/mol. The van der Waals surface area contributed by atoms with E-state index in [-0.39, 0.29) is 11.6 Å². The number of carbonyl (C=O) groups is 2. The molecule has 3 aromatic rings. The van der Waals surface area contributed by atoms with Crippen LogP contribution < -0.4 is 5.73 Å². The monoisotopic (exact) mass is 654 g/mol. The van der Waals surface area contributed by atoms with E-state index in [9.17, 15) is 18.7 Å². The largest absolute Gasteiger partial charge is 0.478 e. The first-order valence-corrected chi connectivity index (χ1v) is 16.1. The quantitative estimate of drug-likeness (QED) is 0.122. The fraction of sp³-hybridized carbons (Fsp3) is 0.412. The van der Waals surface area contributed by atoms with E-state index < -0.39 is 17.8 Å². The smallest absolute Gasteiger partial charge is 0.338 e. The lowest BCUT2D eigenvalue weighted by Gasteiger charge is -2.41. The van der Waals surface area contributed by atoms with Crippen LogP contribution in [0.5, 0.6) is 0 Å². The zero-order chi connectivity index (χ0) is 32.7. The van der Waals surface area contributed by atoms with Gasteiger partial charge in [0.25, 0.3) is 0 Å². The number of hydrogen-bond donors (Lipinski definition) is 2. The van der Waals surface area contributed by atoms with Crippen LogP contribution in [0.1, 0.15) is 74.0 Å². The topological polar surface area (TPSA) is 109 Å². The van der Waals surface area contributed by atoms with Crippen molar-refractivity contribution in [2.75, 3.05) is 13.1 Å². The number of carboxylic acids is 1. The van der Waals surface area contributed by atoms with Crippen molar-refractivity contribution in [3.8, 4) is 23.0 Å². The first-order chi connectivity index (χ1) is 21.5. The maximum atomic E-state index is 14.1. The van der Waals surface area contributed by atoms with E-state index in [0.29, 0.717) is 42.0 Å². The number of fused-ring (bicyclic) bond motifs is 1. The van der Waals surface area contributed by atoms with Gasteiger partial charge in [0.05, 0.1) is 22.1 Å². The molecule has 0 amide bonds. The van der Waals surface area contributed by atoms with Gasteiger partial charge in [0, 0.05) is 63.4 Å². The van der Waals surface area contributed by atoms with Crippen LogP contribution in [0.25, 0.3) is 21.3 Å². The number of aldehydes is 1. The summed E-state index contributed by atoms with van der Waals surface area (Å²) in [5.74, 6) is 2.31. The zero-order valence-corrected chi connectivity index (χ0v) is 27.2. The van der Waals surface area contributed by atoms with Crippen molar-refractivity contribution < 1.29 is 23.5 Å². The number of nitrogens with zero attached hydrogens (tertiary/aromatic N) is 3. The minimum Gasteiger partial charge on any atom is -0.478 e. The number of aryl methyl sites for hydroxylation is 1. The third-order valence-corrected chi connectivity index (χ3v) is 9.44. The summed E-state index contributed by atoms with van der Waals surface area (Å²) in [6.07, 6.45) is 6.15. The predicted octanol–water partition coefficient (Wildman–Crippen LogP) is 7.73. The Morgan fingerprint density at radius 2 is 2.07 bits per heavy atom. The Morgan fingerprint density at radius 3 is 2.76 bits per heavy atom. The number of piperidine rings is 1. The number of likely N-dealkylation sites (tertiary alicyclic amines) is 1. The van der Waals surface area contributed by atoms with Crippen molar-refractivity contribution in [1.82, 2.24) is 9.88 Å². The number of rotatable bonds is 6. The maximum Gasteiger partial charge on any atom is 0.338 e. The highest BCUT2D eigenvalue weighted by Gasteiger charge is 2.39. The van der Waals surface area contributed by atoms with Gasteiger partial charge < -0.3 is 15.6 Å². The minimum absolute atomic E-state index is 0.170. The van der Waals surface area contributed by atoms with Crippen LogP contribution in [0.3, 0.4) is 0 Å². The van der Waals surface area contributed by atoms with Crippen LogP contribution >= 0.6 is 22.9 Å². The number of nitrogens with two attached hydrogens (primary N) is 1. The fourth-order valence-corrected chi connectivity index (χ4v) is 7.23. The molecular formula is C34H37ClF2N4O3S. The van der Waals surface area contributed by atoms with E-state index in [1.165, 1.54) is 24.6 Å². The van der Waals surface area contributed by atoms with E-state index in [1.807, 2.05) is 25.1 Å². The fourth-order valence-electron chi connectivity index (χ4n) is 6.05. The number of pyridine rings is 1. The van der Waals surface area contributed by atoms with Gasteiger partial charge in [0.2, 0.25) is 5.92 Å². The Hall–Kier alpha value is -3.65. The number of benzene rings is 1. The Bertz CT molecular complexity index is 1690. The SMILES string of the molecule is CC=O.Cc1cc(-c2cc(Cl)ccc2C#CCC2=C(N=CN)CCC(N3CCCC(C(C)(F)F)C3)C2)c2scc(C(=O)O)c2n1. The van der Waals surface area contributed by atoms with Gasteiger partial charge in [-0.1, -0.05) is 23.4 Å². The summed E-state index contributed by atoms with van der Waals surface area (Å²) in [5, 5.41) is 11.8. The Kier molecular flexibility index (Phi) is 11.5. The molecule has 11 heteroatoms. The third kappa shape index (κ3) is 8.34. The van der Waals surface area contributed by atoms with Crippen LogP contribution in [-0.4, -0.2) is 58.6 Å². The molecule has 2 unspecified atom stereocenters. The molecule has 3 heterocycles. The molecule has 7 nitrogen and oxygen atoms in total. The Labute approximate surface area is 271 Å². The van der Waals surface area contributed by atoms with Gasteiger partial charge in [-0.3, -0.25) is 9.88 Å². The first-order valence-electron chi connectivity index (χ1n) is 14.8. The molecule has 1 saturated heterocycles. The lowest BCUT2D eigenvalue weighted by Crippen LogP contribution is -2.47. The lowest BCUT2D eigenvalue weighted by molar-refractivity contribution is -0.106. The normalized spacial score (nSPS) is 19.2. The first kappa shape index (κ1) is 34.2. The van der Waals surface area contributed by atoms with Gasteiger partial charge in [0.1, 0.15) is 6.29 Å². The number of halogens is 3. The standard InChI is InChI=1S/C32H33ClF2N4O2S.C2H4O/c1-19-13-26(30-29(38-19)27(17-42-30)31(40)41)25-15-23(33)9-8-20(25)5-3-6-21-14-24(10-11-28(21)37-18-36)39-12-4-7-22(16-39)32(2,34)35;1-2-3/h8-9,13,15,17-18,22,24H,4,6-7,10-12,14,16H2,1-2H3,(H2,36,37)(H,40,41);2H,1H3. The molecule has 0 radical (unpaired) electrons. The number of aliphatic imine (C=N–C) groups is 1. The summed E-state index contributed by atoms with van der Waals surface area (Å²) in [5.41, 5.74) is 11.4. The maximum absolute atomic E-state index is 14.1. The van der Waals surface area contributed by atoms with Crippen LogP contribution in [0, 0.1) is 24.7 Å². The van der Waals surface area contributed by atoms with Gasteiger partial charge in [-0.2, -0.15) is 0 Å². The second-order valence-electron chi connectivity index (χ2n) is 11.4. The molecule has 0 spiro atoms. The molecule has 1 aliphatic heterocycles. The summed E-state index contributed by atoms with van der Waals surface area (Å²) in [7, 11) is 0. The predicted molar refractivity (Wildman–Crippen MR) is 177 cm³/mol. The van der Waals surface area contributed by atoms with Gasteiger partial charge >= 0.3 is 5.97 Å². The molecule has 1 fully saturated rings. The number of carboxylic acid groups (broad SMARTS) is 1. The molecular weight excluding hydrogens is 618 g/mol. The third-order valence-electron chi connectivity index (χ3n) is 8.20. The number of alkyl halides is 2. The summed E-state index contributed by atoms with van der Waals surface area (Å²) in [6.45, 7) is 5.54. The van der Waals surface area contributed by atoms with E-state index in [4.69, 9.17) is 22.1 Å². The molecule has 0 bridgehead atoms. The highest BCUT2D eigenvalue weighted by atomic mass is 35.5. The van der Waals surface area contributed by atoms with Crippen molar-refractivity contribution in [2.45, 2.75) is 71.3 Å². The lowest BCUT2D eigenvalue weighted by atomic mass is 9.86. The van der Waals surface area contributed by atoms with E-state index in [2.05, 4.69) is 26.7 Å². The van der Waals surface area contributed by atoms with E-state index in [1.54, 1.807) is 11.4 Å². The molecule has 2 aromatic heterocycles. The molecule has 1 aliphatic carbocycles. The summed E-state index contributed by atoms with van der Waals surface area (Å²) in [6, 6.07) is 7.60. The second kappa shape index (κ2) is 15.1. The molecule has 1 aromatic carbocycles. The molecule has 2 atom stereocenters. The molecule has 3 N–H and O–H groups in total. The van der Waals surface area contributed by atoms with Crippen molar-refractivity contribution >= 4 is 51.7 Å². The summed E-state index contributed by atoms with van der Waals surface area (Å²) < 4.78 is 29.0. The molecule has 5 rings (SSSR count). The molecule has 238 valence electrons. The van der Waals surface area contributed by atoms with Crippen LogP contribution in [0.15, 0.2) is 45.9 Å². The van der Waals surface area contributed by atoms with Crippen molar-refractivity contribution in [2.24, 2.45) is 16.6 Å². The van der Waals surface area contributed by atoms with Gasteiger partial charge in [-0.25, -0.2) is 18.6 Å². The number of hydrogen-bond acceptors (Lipinski definition) is 6. The number of carbonyl (C=O) groups excluding carboxylic acids is 1. The van der Waals surface area contributed by atoms with Crippen LogP contribution in [0.4, 0.5) is 8.78 Å². The highest BCUT2D eigenvalue weighted by molar-refractivity contribution is 7.18. The second-order valence-corrected chi connectivity index (χ2v) is 12.7. The average Bonchev–Trinajstić information content (AvgIpc) is 3.42. The van der Waals surface area contributed by atoms with Gasteiger partial charge in [-0.05, 0) is 89.3 Å². The molecule has 45 heavy (non-hydrogen) atoms. The molecule has 2 aliphatic rings. The molecule has 0 saturated carbocycles. The van der Waals surface area contributed by atoms with Crippen molar-refractivity contribution in [1.29, 1.82) is 0 Å². The van der Waals surface area contributed by atoms with Crippen molar-refractivity contribution in [3.05, 3.63) is 62.8 Å². The van der Waals surface area contributed by atoms with E-state index in [0.717, 1.165) is 71.7 Å². The summed E-state index contributed by atoms with van der Waals surface area (Å²) in [4.78, 5) is 31.7. The number of allylic oxidation sites excluding steroid dienone is 1. The number of aromatic nitrogens is 1. The number of thiophene rings is 1. The number of aromatic carboxylic acids is 1. The Morgan fingerprint density at radius 1 is 1.31 bits per heavy atom.